The molecule has 2 rings (SSSR count). The molecule has 0 saturated heterocycles. The number of aromatic nitrogens is 2. The maximum Gasteiger partial charge on any atom is 0.435 e. The molecule has 0 radical (unpaired) electrons. The molecule has 0 saturated carbocycles. The highest BCUT2D eigenvalue weighted by molar-refractivity contribution is 6.34. The summed E-state index contributed by atoms with van der Waals surface area (Å²) in [6.45, 7) is 2.59. The first-order valence-electron chi connectivity index (χ1n) is 8.31. The van der Waals surface area contributed by atoms with Crippen LogP contribution in [0, 0.1) is 5.92 Å². The molecule has 0 unspecified atom stereocenters. The number of hydrogen-bond acceptors (Lipinski definition) is 3. The van der Waals surface area contributed by atoms with Gasteiger partial charge in [0.1, 0.15) is 11.5 Å². The number of halogens is 10. The van der Waals surface area contributed by atoms with Gasteiger partial charge in [-0.25, -0.2) is 4.98 Å². The number of nitrogens with zero attached hydrogens (tertiary/aromatic N) is 2. The van der Waals surface area contributed by atoms with Crippen LogP contribution in [-0.4, -0.2) is 9.55 Å². The second kappa shape index (κ2) is 7.92. The average molecular weight is 482 g/mol. The summed E-state index contributed by atoms with van der Waals surface area (Å²) in [5.74, 6) is -1.59. The van der Waals surface area contributed by atoms with Gasteiger partial charge >= 0.3 is 18.5 Å². The summed E-state index contributed by atoms with van der Waals surface area (Å²) in [5.41, 5.74) is -4.49. The lowest BCUT2D eigenvalue weighted by atomic mass is 10.0. The molecule has 0 amide bonds. The van der Waals surface area contributed by atoms with Crippen molar-refractivity contribution in [2.75, 3.05) is 5.73 Å². The van der Waals surface area contributed by atoms with Crippen LogP contribution in [0.5, 0.6) is 0 Å². The number of anilines is 1. The van der Waals surface area contributed by atoms with E-state index in [9.17, 15) is 44.3 Å². The lowest BCUT2D eigenvalue weighted by molar-refractivity contribution is -0.143. The van der Waals surface area contributed by atoms with Gasteiger partial charge in [0.2, 0.25) is 0 Å². The Morgan fingerprint density at radius 2 is 1.55 bits per heavy atom. The molecule has 0 atom stereocenters. The molecule has 2 N–H and O–H groups in total. The Kier molecular flexibility index (Phi) is 6.34. The molecule has 1 aromatic carbocycles. The summed E-state index contributed by atoms with van der Waals surface area (Å²) in [7, 11) is 0. The Hall–Kier alpha value is -2.44. The molecule has 0 spiro atoms. The number of nitrogen functional groups attached to an aromatic ring is 1. The zero-order valence-corrected chi connectivity index (χ0v) is 16.4. The first-order valence-corrected chi connectivity index (χ1v) is 8.69. The predicted molar refractivity (Wildman–Crippen MR) is 93.2 cm³/mol. The van der Waals surface area contributed by atoms with Crippen LogP contribution in [-0.2, 0) is 25.1 Å². The first-order chi connectivity index (χ1) is 13.9. The first kappa shape index (κ1) is 24.8. The van der Waals surface area contributed by atoms with Crippen molar-refractivity contribution in [1.29, 1.82) is 0 Å². The Morgan fingerprint density at radius 1 is 1.00 bits per heavy atom. The van der Waals surface area contributed by atoms with Crippen molar-refractivity contribution in [3.63, 3.8) is 0 Å². The molecule has 0 bridgehead atoms. The zero-order valence-electron chi connectivity index (χ0n) is 15.6. The fourth-order valence-corrected chi connectivity index (χ4v) is 2.98. The van der Waals surface area contributed by atoms with Gasteiger partial charge in [-0.1, -0.05) is 25.4 Å². The van der Waals surface area contributed by atoms with Crippen LogP contribution in [0.3, 0.4) is 0 Å². The Labute approximate surface area is 173 Å². The number of alkyl halides is 9. The van der Waals surface area contributed by atoms with Crippen LogP contribution in [0.25, 0.3) is 11.4 Å². The normalized spacial score (nSPS) is 13.2. The molecule has 0 fully saturated rings. The van der Waals surface area contributed by atoms with Crippen molar-refractivity contribution in [2.45, 2.75) is 38.9 Å². The molecular weight excluding hydrogens is 469 g/mol. The Balaban J connectivity index is 3.07. The van der Waals surface area contributed by atoms with Gasteiger partial charge in [0, 0.05) is 12.1 Å². The largest absolute Gasteiger partial charge is 0.435 e. The highest BCUT2D eigenvalue weighted by Gasteiger charge is 2.42. The molecule has 1 aromatic heterocycles. The van der Waals surface area contributed by atoms with Crippen molar-refractivity contribution in [2.24, 2.45) is 5.92 Å². The lowest BCUT2D eigenvalue weighted by Gasteiger charge is -2.21. The molecule has 31 heavy (non-hydrogen) atoms. The standard InChI is InChI=1S/C17H13ClF9N3O/c1-6(2)5-30-13(29-12(17(25,26)27)11(28)14(30)31)8-3-7(15(19,20)21)4-9(10(8)18)16(22,23)24/h3-4,6H,5,28H2,1-2H3. The van der Waals surface area contributed by atoms with Crippen LogP contribution >= 0.6 is 11.6 Å². The van der Waals surface area contributed by atoms with Crippen molar-refractivity contribution in [3.05, 3.63) is 44.3 Å². The summed E-state index contributed by atoms with van der Waals surface area (Å²) in [5, 5.41) is -1.34. The van der Waals surface area contributed by atoms with Crippen molar-refractivity contribution in [1.82, 2.24) is 9.55 Å². The lowest BCUT2D eigenvalue weighted by Crippen LogP contribution is -2.31. The van der Waals surface area contributed by atoms with Gasteiger partial charge in [-0.05, 0) is 18.1 Å². The minimum Gasteiger partial charge on any atom is -0.392 e. The molecule has 172 valence electrons. The van der Waals surface area contributed by atoms with Crippen molar-refractivity contribution in [3.8, 4) is 11.4 Å². The molecule has 0 aliphatic heterocycles. The average Bonchev–Trinajstić information content (AvgIpc) is 2.56. The van der Waals surface area contributed by atoms with E-state index in [1.54, 1.807) is 0 Å². The highest BCUT2D eigenvalue weighted by Crippen LogP contribution is 2.44. The summed E-state index contributed by atoms with van der Waals surface area (Å²) in [4.78, 5) is 15.6. The van der Waals surface area contributed by atoms with E-state index in [2.05, 4.69) is 4.98 Å². The minimum atomic E-state index is -5.38. The van der Waals surface area contributed by atoms with Gasteiger partial charge in [-0.3, -0.25) is 9.36 Å². The Morgan fingerprint density at radius 3 is 1.97 bits per heavy atom. The van der Waals surface area contributed by atoms with E-state index in [4.69, 9.17) is 17.3 Å². The molecule has 2 aromatic rings. The SMILES string of the molecule is CC(C)Cn1c(-c2cc(C(F)(F)F)cc(C(F)(F)F)c2Cl)nc(C(F)(F)F)c(N)c1=O. The second-order valence-corrected chi connectivity index (χ2v) is 7.26. The van der Waals surface area contributed by atoms with Crippen LogP contribution in [0.4, 0.5) is 45.2 Å². The van der Waals surface area contributed by atoms with E-state index in [0.29, 0.717) is 4.57 Å². The van der Waals surface area contributed by atoms with Gasteiger partial charge in [0.25, 0.3) is 5.56 Å². The predicted octanol–water partition coefficient (Wildman–Crippen LogP) is 5.86. The van der Waals surface area contributed by atoms with E-state index >= 15 is 0 Å². The Bertz CT molecular complexity index is 1050. The third kappa shape index (κ3) is 5.08. The van der Waals surface area contributed by atoms with Crippen LogP contribution < -0.4 is 11.3 Å². The molecule has 0 aliphatic rings. The number of nitrogens with two attached hydrogens (primary N) is 1. The van der Waals surface area contributed by atoms with Gasteiger partial charge < -0.3 is 5.73 Å². The second-order valence-electron chi connectivity index (χ2n) is 6.89. The van der Waals surface area contributed by atoms with E-state index in [-0.39, 0.29) is 12.1 Å². The number of benzene rings is 1. The van der Waals surface area contributed by atoms with E-state index < -0.39 is 75.5 Å². The van der Waals surface area contributed by atoms with Crippen LogP contribution in [0.1, 0.15) is 30.7 Å². The molecule has 0 aliphatic carbocycles. The fourth-order valence-electron chi connectivity index (χ4n) is 2.68. The summed E-state index contributed by atoms with van der Waals surface area (Å²) < 4.78 is 120. The van der Waals surface area contributed by atoms with E-state index in [1.165, 1.54) is 13.8 Å². The summed E-state index contributed by atoms with van der Waals surface area (Å²) in [6.07, 6.45) is -16.0. The van der Waals surface area contributed by atoms with Gasteiger partial charge in [-0.2, -0.15) is 39.5 Å². The van der Waals surface area contributed by atoms with E-state index in [0.717, 1.165) is 0 Å². The van der Waals surface area contributed by atoms with Gasteiger partial charge in [-0.15, -0.1) is 0 Å². The molecule has 1 heterocycles. The topological polar surface area (TPSA) is 60.9 Å². The third-order valence-corrected chi connectivity index (χ3v) is 4.37. The van der Waals surface area contributed by atoms with Crippen molar-refractivity contribution >= 4 is 17.3 Å². The molecular formula is C17H13ClF9N3O. The van der Waals surface area contributed by atoms with Gasteiger partial charge in [0.15, 0.2) is 5.69 Å². The highest BCUT2D eigenvalue weighted by atomic mass is 35.5. The van der Waals surface area contributed by atoms with Crippen LogP contribution in [0.15, 0.2) is 16.9 Å². The van der Waals surface area contributed by atoms with Crippen molar-refractivity contribution < 1.29 is 39.5 Å². The number of hydrogen-bond donors (Lipinski definition) is 1. The van der Waals surface area contributed by atoms with Crippen LogP contribution in [0.2, 0.25) is 5.02 Å². The fraction of sp³-hybridized carbons (Fsp3) is 0.412. The number of rotatable bonds is 3. The zero-order chi connectivity index (χ0) is 24.1. The summed E-state index contributed by atoms with van der Waals surface area (Å²) >= 11 is 5.66. The third-order valence-electron chi connectivity index (χ3n) is 3.97. The quantitative estimate of drug-likeness (QED) is 0.559. The molecule has 14 heteroatoms. The smallest absolute Gasteiger partial charge is 0.392 e. The van der Waals surface area contributed by atoms with E-state index in [1.807, 2.05) is 0 Å². The molecule has 4 nitrogen and oxygen atoms in total. The maximum atomic E-state index is 13.3. The summed E-state index contributed by atoms with van der Waals surface area (Å²) in [6, 6.07) is -0.175. The van der Waals surface area contributed by atoms with Gasteiger partial charge in [0.05, 0.1) is 16.1 Å². The minimum absolute atomic E-state index is 0.104. The monoisotopic (exact) mass is 481 g/mol. The maximum absolute atomic E-state index is 13.3.